The number of carbonyl (C=O) groups is 2. The number of benzene rings is 2. The van der Waals surface area contributed by atoms with E-state index in [1.54, 1.807) is 43.3 Å². The van der Waals surface area contributed by atoms with Gasteiger partial charge in [0, 0.05) is 10.0 Å². The number of hydrogen-bond acceptors (Lipinski definition) is 2. The van der Waals surface area contributed by atoms with Gasteiger partial charge in [-0.15, -0.1) is 0 Å². The Hall–Kier alpha value is -2.21. The van der Waals surface area contributed by atoms with Crippen LogP contribution in [0, 0.1) is 5.82 Å². The van der Waals surface area contributed by atoms with Crippen LogP contribution in [0.4, 0.5) is 9.18 Å². The molecule has 0 spiro atoms. The molecule has 118 valence electrons. The van der Waals surface area contributed by atoms with Crippen molar-refractivity contribution in [2.45, 2.75) is 19.0 Å². The number of carbonyl (C=O) groups excluding carboxylic acids is 2. The van der Waals surface area contributed by atoms with E-state index in [2.05, 4.69) is 21.2 Å². The fourth-order valence-electron chi connectivity index (χ4n) is 2.63. The van der Waals surface area contributed by atoms with Gasteiger partial charge in [0.05, 0.1) is 6.54 Å². The maximum atomic E-state index is 13.8. The number of nitrogens with zero attached hydrogens (tertiary/aromatic N) is 1. The van der Waals surface area contributed by atoms with E-state index in [4.69, 9.17) is 0 Å². The third-order valence-corrected chi connectivity index (χ3v) is 4.46. The van der Waals surface area contributed by atoms with Crippen molar-refractivity contribution in [3.63, 3.8) is 0 Å². The monoisotopic (exact) mass is 376 g/mol. The highest BCUT2D eigenvalue weighted by atomic mass is 79.9. The Bertz CT molecular complexity index is 796. The van der Waals surface area contributed by atoms with Crippen LogP contribution in [0.1, 0.15) is 18.1 Å². The Kier molecular flexibility index (Phi) is 3.93. The van der Waals surface area contributed by atoms with Gasteiger partial charge in [0.25, 0.3) is 5.91 Å². The second-order valence-corrected chi connectivity index (χ2v) is 6.46. The number of nitrogens with one attached hydrogen (secondary N) is 1. The zero-order chi connectivity index (χ0) is 16.6. The van der Waals surface area contributed by atoms with Gasteiger partial charge < -0.3 is 5.32 Å². The Morgan fingerprint density at radius 3 is 2.61 bits per heavy atom. The molecule has 3 amide bonds. The first-order valence-electron chi connectivity index (χ1n) is 7.05. The van der Waals surface area contributed by atoms with E-state index in [-0.39, 0.29) is 6.54 Å². The van der Waals surface area contributed by atoms with Crippen LogP contribution in [-0.2, 0) is 16.9 Å². The van der Waals surface area contributed by atoms with Crippen LogP contribution in [0.2, 0.25) is 0 Å². The first-order chi connectivity index (χ1) is 10.9. The molecule has 6 heteroatoms. The third-order valence-electron chi connectivity index (χ3n) is 3.96. The molecule has 0 aromatic heterocycles. The molecular weight excluding hydrogens is 363 g/mol. The van der Waals surface area contributed by atoms with E-state index in [0.29, 0.717) is 11.1 Å². The molecule has 1 aliphatic heterocycles. The number of rotatable bonds is 3. The molecule has 1 heterocycles. The molecule has 0 bridgehead atoms. The molecule has 0 saturated carbocycles. The Morgan fingerprint density at radius 2 is 1.91 bits per heavy atom. The van der Waals surface area contributed by atoms with Crippen molar-refractivity contribution in [3.8, 4) is 0 Å². The average molecular weight is 377 g/mol. The predicted octanol–water partition coefficient (Wildman–Crippen LogP) is 3.56. The van der Waals surface area contributed by atoms with Crippen molar-refractivity contribution in [3.05, 3.63) is 69.9 Å². The number of urea groups is 1. The molecular formula is C17H14BrFN2O2. The summed E-state index contributed by atoms with van der Waals surface area (Å²) in [4.78, 5) is 26.0. The summed E-state index contributed by atoms with van der Waals surface area (Å²) in [6.45, 7) is 1.55. The van der Waals surface area contributed by atoms with Crippen LogP contribution in [0.5, 0.6) is 0 Å². The minimum absolute atomic E-state index is 0.0963. The lowest BCUT2D eigenvalue weighted by Gasteiger charge is -2.22. The first kappa shape index (κ1) is 15.7. The minimum atomic E-state index is -1.16. The maximum absolute atomic E-state index is 13.8. The molecule has 4 nitrogen and oxygen atoms in total. The van der Waals surface area contributed by atoms with E-state index in [1.807, 2.05) is 6.07 Å². The zero-order valence-corrected chi connectivity index (χ0v) is 13.9. The highest BCUT2D eigenvalue weighted by Gasteiger charge is 2.49. The van der Waals surface area contributed by atoms with E-state index < -0.39 is 23.3 Å². The topological polar surface area (TPSA) is 49.4 Å². The van der Waals surface area contributed by atoms with E-state index in [0.717, 1.165) is 9.37 Å². The normalized spacial score (nSPS) is 20.7. The summed E-state index contributed by atoms with van der Waals surface area (Å²) in [5.74, 6) is -0.840. The van der Waals surface area contributed by atoms with Crippen LogP contribution < -0.4 is 5.32 Å². The van der Waals surface area contributed by atoms with Gasteiger partial charge in [0.2, 0.25) is 0 Å². The maximum Gasteiger partial charge on any atom is 0.325 e. The molecule has 3 rings (SSSR count). The summed E-state index contributed by atoms with van der Waals surface area (Å²) in [7, 11) is 0. The molecule has 23 heavy (non-hydrogen) atoms. The Morgan fingerprint density at radius 1 is 1.17 bits per heavy atom. The first-order valence-corrected chi connectivity index (χ1v) is 7.84. The molecule has 0 unspecified atom stereocenters. The largest absolute Gasteiger partial charge is 0.325 e. The van der Waals surface area contributed by atoms with Crippen molar-refractivity contribution < 1.29 is 14.0 Å². The van der Waals surface area contributed by atoms with Gasteiger partial charge in [-0.3, -0.25) is 9.69 Å². The lowest BCUT2D eigenvalue weighted by atomic mass is 9.92. The molecule has 0 radical (unpaired) electrons. The summed E-state index contributed by atoms with van der Waals surface area (Å²) in [6.07, 6.45) is 0. The number of amides is 3. The lowest BCUT2D eigenvalue weighted by Crippen LogP contribution is -2.40. The molecule has 2 aromatic rings. The molecule has 1 fully saturated rings. The fraction of sp³-hybridized carbons (Fsp3) is 0.176. The van der Waals surface area contributed by atoms with Crippen LogP contribution in [0.15, 0.2) is 53.0 Å². The second kappa shape index (κ2) is 5.77. The van der Waals surface area contributed by atoms with Crippen LogP contribution in [0.3, 0.4) is 0 Å². The van der Waals surface area contributed by atoms with Gasteiger partial charge in [0.1, 0.15) is 11.4 Å². The van der Waals surface area contributed by atoms with Gasteiger partial charge in [-0.2, -0.15) is 0 Å². The summed E-state index contributed by atoms with van der Waals surface area (Å²) < 4.78 is 14.6. The standard InChI is InChI=1S/C17H14BrFN2O2/c1-17(12-6-4-7-13(18)9-12)15(22)21(16(23)20-17)10-11-5-2-3-8-14(11)19/h2-9H,10H2,1H3,(H,20,23)/t17-/m1/s1. The SMILES string of the molecule is C[C@]1(c2cccc(Br)c2)NC(=O)N(Cc2ccccc2F)C1=O. The van der Waals surface area contributed by atoms with Crippen molar-refractivity contribution in [1.82, 2.24) is 10.2 Å². The number of hydrogen-bond donors (Lipinski definition) is 1. The zero-order valence-electron chi connectivity index (χ0n) is 12.3. The lowest BCUT2D eigenvalue weighted by molar-refractivity contribution is -0.131. The van der Waals surface area contributed by atoms with E-state index >= 15 is 0 Å². The Balaban J connectivity index is 1.92. The van der Waals surface area contributed by atoms with Crippen LogP contribution >= 0.6 is 15.9 Å². The van der Waals surface area contributed by atoms with E-state index in [9.17, 15) is 14.0 Å². The van der Waals surface area contributed by atoms with Crippen molar-refractivity contribution >= 4 is 27.9 Å². The average Bonchev–Trinajstić information content (AvgIpc) is 2.74. The molecule has 1 atom stereocenters. The summed E-state index contributed by atoms with van der Waals surface area (Å²) in [6, 6.07) is 12.8. The number of halogens is 2. The van der Waals surface area contributed by atoms with Crippen molar-refractivity contribution in [1.29, 1.82) is 0 Å². The number of imide groups is 1. The van der Waals surface area contributed by atoms with Gasteiger partial charge >= 0.3 is 6.03 Å². The highest BCUT2D eigenvalue weighted by Crippen LogP contribution is 2.31. The van der Waals surface area contributed by atoms with Crippen molar-refractivity contribution in [2.24, 2.45) is 0 Å². The van der Waals surface area contributed by atoms with Gasteiger partial charge in [-0.1, -0.05) is 46.3 Å². The molecule has 2 aromatic carbocycles. The molecule has 1 saturated heterocycles. The van der Waals surface area contributed by atoms with Gasteiger partial charge in [-0.05, 0) is 30.7 Å². The molecule has 1 aliphatic rings. The van der Waals surface area contributed by atoms with Crippen molar-refractivity contribution in [2.75, 3.05) is 0 Å². The van der Waals surface area contributed by atoms with Crippen LogP contribution in [-0.4, -0.2) is 16.8 Å². The highest BCUT2D eigenvalue weighted by molar-refractivity contribution is 9.10. The summed E-state index contributed by atoms with van der Waals surface area (Å²) in [5, 5.41) is 2.71. The summed E-state index contributed by atoms with van der Waals surface area (Å²) >= 11 is 3.36. The third kappa shape index (κ3) is 2.74. The smallest absolute Gasteiger partial charge is 0.319 e. The van der Waals surface area contributed by atoms with E-state index in [1.165, 1.54) is 6.07 Å². The molecule has 0 aliphatic carbocycles. The van der Waals surface area contributed by atoms with Gasteiger partial charge in [-0.25, -0.2) is 9.18 Å². The molecule has 1 N–H and O–H groups in total. The minimum Gasteiger partial charge on any atom is -0.319 e. The van der Waals surface area contributed by atoms with Gasteiger partial charge in [0.15, 0.2) is 0 Å². The van der Waals surface area contributed by atoms with Crippen LogP contribution in [0.25, 0.3) is 0 Å². The Labute approximate surface area is 141 Å². The second-order valence-electron chi connectivity index (χ2n) is 5.55. The fourth-order valence-corrected chi connectivity index (χ4v) is 3.03. The predicted molar refractivity (Wildman–Crippen MR) is 87.0 cm³/mol. The summed E-state index contributed by atoms with van der Waals surface area (Å²) in [5.41, 5.74) is -0.192. The quantitative estimate of drug-likeness (QED) is 0.832.